The number of carbonyl (C=O) groups is 1. The second kappa shape index (κ2) is 7.48. The van der Waals surface area contributed by atoms with Gasteiger partial charge in [0.1, 0.15) is 0 Å². The van der Waals surface area contributed by atoms with Crippen molar-refractivity contribution in [2.45, 2.75) is 69.4 Å². The van der Waals surface area contributed by atoms with Crippen LogP contribution in [-0.2, 0) is 9.53 Å². The zero-order chi connectivity index (χ0) is 22.3. The highest BCUT2D eigenvalue weighted by molar-refractivity contribution is 5.84. The first kappa shape index (κ1) is 24.7. The Morgan fingerprint density at radius 1 is 0.821 bits per heavy atom. The molecule has 1 amide bonds. The standard InChI is InChI=1S/C14H16F11NO2/c1-6-3-4-8(5-7(6)2)26-9(27)10(15,12(18,19)20)28-14(24,25)11(16,17)13(21,22)23/h6-8H,3-5H2,1-2H3,(H,26,27)/t6-,7-,8-,10-/m0/s1. The fourth-order valence-electron chi connectivity index (χ4n) is 2.60. The van der Waals surface area contributed by atoms with E-state index in [1.54, 1.807) is 13.8 Å². The molecule has 166 valence electrons. The molecule has 1 rings (SSSR count). The van der Waals surface area contributed by atoms with Crippen LogP contribution in [0.2, 0.25) is 0 Å². The van der Waals surface area contributed by atoms with Gasteiger partial charge in [0.2, 0.25) is 0 Å². The number of hydrogen-bond acceptors (Lipinski definition) is 2. The van der Waals surface area contributed by atoms with Gasteiger partial charge in [0.25, 0.3) is 5.91 Å². The minimum absolute atomic E-state index is 0.00987. The van der Waals surface area contributed by atoms with E-state index >= 15 is 0 Å². The molecule has 4 atom stereocenters. The van der Waals surface area contributed by atoms with Crippen LogP contribution in [0.15, 0.2) is 0 Å². The van der Waals surface area contributed by atoms with Crippen molar-refractivity contribution < 1.29 is 57.8 Å². The second-order valence-corrected chi connectivity index (χ2v) is 6.72. The fourth-order valence-corrected chi connectivity index (χ4v) is 2.60. The topological polar surface area (TPSA) is 38.3 Å². The summed E-state index contributed by atoms with van der Waals surface area (Å²) in [6.45, 7) is 3.42. The van der Waals surface area contributed by atoms with Gasteiger partial charge in [0.05, 0.1) is 0 Å². The Hall–Kier alpha value is -1.34. The summed E-state index contributed by atoms with van der Waals surface area (Å²) in [6.07, 6.45) is -20.4. The predicted octanol–water partition coefficient (Wildman–Crippen LogP) is 4.96. The lowest BCUT2D eigenvalue weighted by Crippen LogP contribution is -2.64. The molecule has 0 saturated heterocycles. The minimum Gasteiger partial charge on any atom is -0.348 e. The molecular weight excluding hydrogens is 423 g/mol. The number of ether oxygens (including phenoxy) is 1. The van der Waals surface area contributed by atoms with Gasteiger partial charge < -0.3 is 5.32 Å². The molecule has 0 heterocycles. The van der Waals surface area contributed by atoms with E-state index in [0.717, 1.165) is 0 Å². The van der Waals surface area contributed by atoms with Crippen molar-refractivity contribution in [3.8, 4) is 0 Å². The van der Waals surface area contributed by atoms with Crippen LogP contribution in [0.3, 0.4) is 0 Å². The molecule has 14 heteroatoms. The molecule has 0 radical (unpaired) electrons. The van der Waals surface area contributed by atoms with Gasteiger partial charge in [-0.05, 0) is 31.1 Å². The number of rotatable bonds is 5. The van der Waals surface area contributed by atoms with Crippen LogP contribution in [0.1, 0.15) is 33.1 Å². The highest BCUT2D eigenvalue weighted by atomic mass is 19.4. The summed E-state index contributed by atoms with van der Waals surface area (Å²) in [7, 11) is 0. The smallest absolute Gasteiger partial charge is 0.348 e. The molecule has 1 aliphatic carbocycles. The summed E-state index contributed by atoms with van der Waals surface area (Å²) in [6, 6.07) is -1.14. The molecule has 1 N–H and O–H groups in total. The maximum absolute atomic E-state index is 14.1. The monoisotopic (exact) mass is 439 g/mol. The first-order chi connectivity index (χ1) is 12.3. The van der Waals surface area contributed by atoms with Crippen LogP contribution in [0.25, 0.3) is 0 Å². The van der Waals surface area contributed by atoms with Crippen molar-refractivity contribution in [3.05, 3.63) is 0 Å². The van der Waals surface area contributed by atoms with Gasteiger partial charge in [-0.1, -0.05) is 13.8 Å². The minimum atomic E-state index is -7.20. The summed E-state index contributed by atoms with van der Waals surface area (Å²) >= 11 is 0. The third-order valence-electron chi connectivity index (χ3n) is 4.58. The Morgan fingerprint density at radius 2 is 1.32 bits per heavy atom. The lowest BCUT2D eigenvalue weighted by Gasteiger charge is -2.36. The molecule has 0 spiro atoms. The van der Waals surface area contributed by atoms with E-state index in [9.17, 15) is 53.1 Å². The summed E-state index contributed by atoms with van der Waals surface area (Å²) in [5.41, 5.74) is 0. The maximum Gasteiger partial charge on any atom is 0.462 e. The maximum atomic E-state index is 14.1. The molecule has 0 aromatic heterocycles. The van der Waals surface area contributed by atoms with Gasteiger partial charge in [-0.3, -0.25) is 9.53 Å². The third kappa shape index (κ3) is 4.62. The summed E-state index contributed by atoms with van der Waals surface area (Å²) < 4.78 is 143. The van der Waals surface area contributed by atoms with Gasteiger partial charge in [-0.15, -0.1) is 0 Å². The molecule has 0 bridgehead atoms. The lowest BCUT2D eigenvalue weighted by molar-refractivity contribution is -0.473. The number of alkyl halides is 11. The van der Waals surface area contributed by atoms with Crippen molar-refractivity contribution in [2.75, 3.05) is 0 Å². The first-order valence-corrected chi connectivity index (χ1v) is 7.85. The van der Waals surface area contributed by atoms with Gasteiger partial charge in [0.15, 0.2) is 0 Å². The second-order valence-electron chi connectivity index (χ2n) is 6.72. The van der Waals surface area contributed by atoms with E-state index in [1.165, 1.54) is 5.32 Å². The van der Waals surface area contributed by atoms with E-state index in [2.05, 4.69) is 4.74 Å². The van der Waals surface area contributed by atoms with E-state index in [4.69, 9.17) is 0 Å². The molecule has 3 nitrogen and oxygen atoms in total. The Labute approximate surface area is 151 Å². The summed E-state index contributed by atoms with van der Waals surface area (Å²) in [4.78, 5) is 11.6. The molecular formula is C14H16F11NO2. The van der Waals surface area contributed by atoms with Crippen molar-refractivity contribution in [2.24, 2.45) is 11.8 Å². The number of hydrogen-bond donors (Lipinski definition) is 1. The molecule has 1 fully saturated rings. The molecule has 1 aliphatic rings. The predicted molar refractivity (Wildman–Crippen MR) is 71.0 cm³/mol. The van der Waals surface area contributed by atoms with Crippen LogP contribution in [0.5, 0.6) is 0 Å². The molecule has 28 heavy (non-hydrogen) atoms. The average molecular weight is 439 g/mol. The average Bonchev–Trinajstić information content (AvgIpc) is 2.48. The van der Waals surface area contributed by atoms with E-state index in [0.29, 0.717) is 6.42 Å². The Bertz CT molecular complexity index is 575. The lowest BCUT2D eigenvalue weighted by atomic mass is 9.79. The van der Waals surface area contributed by atoms with Crippen molar-refractivity contribution >= 4 is 5.91 Å². The summed E-state index contributed by atoms with van der Waals surface area (Å²) in [5.74, 6) is -16.4. The van der Waals surface area contributed by atoms with Crippen LogP contribution in [0, 0.1) is 11.8 Å². The number of halogens is 11. The molecule has 0 aromatic carbocycles. The Morgan fingerprint density at radius 3 is 1.71 bits per heavy atom. The zero-order valence-corrected chi connectivity index (χ0v) is 14.3. The van der Waals surface area contributed by atoms with Gasteiger partial charge in [-0.2, -0.15) is 48.3 Å². The first-order valence-electron chi connectivity index (χ1n) is 7.85. The SMILES string of the molecule is C[C@H]1CC[C@H](NC(=O)[C@](F)(OC(F)(F)C(F)(F)C(F)(F)F)C(F)(F)F)C[C@@H]1C. The molecule has 1 saturated carbocycles. The Balaban J connectivity index is 3.14. The van der Waals surface area contributed by atoms with E-state index in [-0.39, 0.29) is 24.7 Å². The van der Waals surface area contributed by atoms with E-state index < -0.39 is 42.2 Å². The van der Waals surface area contributed by atoms with Crippen molar-refractivity contribution in [3.63, 3.8) is 0 Å². The quantitative estimate of drug-likeness (QED) is 0.615. The van der Waals surface area contributed by atoms with Crippen molar-refractivity contribution in [1.82, 2.24) is 5.32 Å². The third-order valence-corrected chi connectivity index (χ3v) is 4.58. The number of nitrogens with one attached hydrogen (secondary N) is 1. The molecule has 0 aromatic rings. The van der Waals surface area contributed by atoms with Gasteiger partial charge >= 0.3 is 30.2 Å². The van der Waals surface area contributed by atoms with Crippen molar-refractivity contribution in [1.29, 1.82) is 0 Å². The van der Waals surface area contributed by atoms with Gasteiger partial charge in [-0.25, -0.2) is 0 Å². The largest absolute Gasteiger partial charge is 0.462 e. The van der Waals surface area contributed by atoms with Crippen LogP contribution in [-0.4, -0.2) is 42.2 Å². The molecule has 0 aliphatic heterocycles. The van der Waals surface area contributed by atoms with Crippen LogP contribution >= 0.6 is 0 Å². The Kier molecular flexibility index (Phi) is 6.60. The van der Waals surface area contributed by atoms with Crippen LogP contribution < -0.4 is 5.32 Å². The number of carbonyl (C=O) groups excluding carboxylic acids is 1. The normalized spacial score (nSPS) is 27.2. The fraction of sp³-hybridized carbons (Fsp3) is 0.929. The highest BCUT2D eigenvalue weighted by Gasteiger charge is 2.79. The number of amides is 1. The van der Waals surface area contributed by atoms with E-state index in [1.807, 2.05) is 0 Å². The summed E-state index contributed by atoms with van der Waals surface area (Å²) in [5, 5.41) is 1.41. The zero-order valence-electron chi connectivity index (χ0n) is 14.3. The van der Waals surface area contributed by atoms with Gasteiger partial charge in [0, 0.05) is 6.04 Å². The van der Waals surface area contributed by atoms with Crippen LogP contribution in [0.4, 0.5) is 48.3 Å². The highest BCUT2D eigenvalue weighted by Crippen LogP contribution is 2.51. The molecule has 0 unspecified atom stereocenters.